The van der Waals surface area contributed by atoms with Crippen LogP contribution >= 0.6 is 0 Å². The summed E-state index contributed by atoms with van der Waals surface area (Å²) in [6.45, 7) is 6.64. The Bertz CT molecular complexity index is 170. The summed E-state index contributed by atoms with van der Waals surface area (Å²) in [6.07, 6.45) is 18.0. The summed E-state index contributed by atoms with van der Waals surface area (Å²) in [5.41, 5.74) is 0. The molecular formula is C15H29N. The van der Waals surface area contributed by atoms with Crippen LogP contribution in [0.15, 0.2) is 24.3 Å². The van der Waals surface area contributed by atoms with Gasteiger partial charge < -0.3 is 5.32 Å². The molecule has 1 heteroatoms. The Morgan fingerprint density at radius 3 is 2.25 bits per heavy atom. The van der Waals surface area contributed by atoms with Gasteiger partial charge in [0.1, 0.15) is 0 Å². The molecule has 0 rings (SSSR count). The SMILES string of the molecule is CCCCCC=CC=CCNCCCCC. The molecule has 1 nitrogen and oxygen atoms in total. The Kier molecular flexibility index (Phi) is 13.9. The molecule has 16 heavy (non-hydrogen) atoms. The van der Waals surface area contributed by atoms with Crippen LogP contribution in [0.5, 0.6) is 0 Å². The molecule has 0 amide bonds. The van der Waals surface area contributed by atoms with Gasteiger partial charge in [-0.3, -0.25) is 0 Å². The molecule has 0 spiro atoms. The highest BCUT2D eigenvalue weighted by Crippen LogP contribution is 1.99. The van der Waals surface area contributed by atoms with E-state index in [0.29, 0.717) is 0 Å². The monoisotopic (exact) mass is 223 g/mol. The lowest BCUT2D eigenvalue weighted by Gasteiger charge is -1.98. The molecule has 1 N–H and O–H groups in total. The zero-order valence-corrected chi connectivity index (χ0v) is 11.2. The zero-order valence-electron chi connectivity index (χ0n) is 11.2. The second-order valence-corrected chi connectivity index (χ2v) is 4.26. The van der Waals surface area contributed by atoms with Crippen molar-refractivity contribution >= 4 is 0 Å². The van der Waals surface area contributed by atoms with Crippen molar-refractivity contribution in [1.29, 1.82) is 0 Å². The molecule has 0 aliphatic heterocycles. The van der Waals surface area contributed by atoms with Crippen molar-refractivity contribution in [3.05, 3.63) is 24.3 Å². The number of nitrogens with one attached hydrogen (secondary N) is 1. The molecule has 0 unspecified atom stereocenters. The highest BCUT2D eigenvalue weighted by atomic mass is 14.8. The van der Waals surface area contributed by atoms with E-state index in [1.54, 1.807) is 0 Å². The molecule has 0 saturated heterocycles. The number of rotatable bonds is 11. The molecule has 0 fully saturated rings. The van der Waals surface area contributed by atoms with Crippen molar-refractivity contribution in [2.45, 2.75) is 58.8 Å². The summed E-state index contributed by atoms with van der Waals surface area (Å²) in [7, 11) is 0. The van der Waals surface area contributed by atoms with Gasteiger partial charge in [-0.2, -0.15) is 0 Å². The van der Waals surface area contributed by atoms with E-state index in [1.807, 2.05) is 0 Å². The van der Waals surface area contributed by atoms with Crippen LogP contribution in [0.2, 0.25) is 0 Å². The predicted molar refractivity (Wildman–Crippen MR) is 74.8 cm³/mol. The minimum absolute atomic E-state index is 1.00. The van der Waals surface area contributed by atoms with E-state index in [2.05, 4.69) is 43.5 Å². The van der Waals surface area contributed by atoms with Gasteiger partial charge in [-0.25, -0.2) is 0 Å². The molecule has 0 aliphatic carbocycles. The van der Waals surface area contributed by atoms with Crippen LogP contribution in [-0.2, 0) is 0 Å². The standard InChI is InChI=1S/C15H29N/c1-3-5-7-8-9-10-11-13-15-16-14-12-6-4-2/h9-11,13,16H,3-8,12,14-15H2,1-2H3. The van der Waals surface area contributed by atoms with Gasteiger partial charge in [0.05, 0.1) is 0 Å². The van der Waals surface area contributed by atoms with Crippen LogP contribution in [0.4, 0.5) is 0 Å². The van der Waals surface area contributed by atoms with Crippen LogP contribution in [0, 0.1) is 0 Å². The lowest BCUT2D eigenvalue weighted by molar-refractivity contribution is 0.646. The van der Waals surface area contributed by atoms with E-state index in [-0.39, 0.29) is 0 Å². The minimum atomic E-state index is 1.00. The smallest absolute Gasteiger partial charge is 0.0137 e. The van der Waals surface area contributed by atoms with Gasteiger partial charge in [-0.15, -0.1) is 0 Å². The summed E-state index contributed by atoms with van der Waals surface area (Å²) in [5, 5.41) is 3.41. The summed E-state index contributed by atoms with van der Waals surface area (Å²) >= 11 is 0. The molecule has 0 heterocycles. The first-order valence-corrected chi connectivity index (χ1v) is 6.94. The predicted octanol–water partition coefficient (Wildman–Crippen LogP) is 4.46. The highest BCUT2D eigenvalue weighted by molar-refractivity contribution is 5.02. The maximum absolute atomic E-state index is 3.41. The zero-order chi connectivity index (χ0) is 11.9. The van der Waals surface area contributed by atoms with Crippen LogP contribution in [0.1, 0.15) is 58.8 Å². The molecule has 0 bridgehead atoms. The third kappa shape index (κ3) is 13.4. The molecule has 0 aromatic heterocycles. The van der Waals surface area contributed by atoms with Gasteiger partial charge in [-0.05, 0) is 25.8 Å². The van der Waals surface area contributed by atoms with E-state index in [0.717, 1.165) is 13.1 Å². The van der Waals surface area contributed by atoms with Crippen molar-refractivity contribution < 1.29 is 0 Å². The van der Waals surface area contributed by atoms with Crippen molar-refractivity contribution in [3.63, 3.8) is 0 Å². The number of hydrogen-bond acceptors (Lipinski definition) is 1. The maximum Gasteiger partial charge on any atom is 0.0137 e. The summed E-state index contributed by atoms with van der Waals surface area (Å²) in [5.74, 6) is 0. The maximum atomic E-state index is 3.41. The molecule has 0 aromatic rings. The average molecular weight is 223 g/mol. The fraction of sp³-hybridized carbons (Fsp3) is 0.733. The highest BCUT2D eigenvalue weighted by Gasteiger charge is 1.83. The lowest BCUT2D eigenvalue weighted by atomic mass is 10.2. The summed E-state index contributed by atoms with van der Waals surface area (Å²) in [6, 6.07) is 0. The fourth-order valence-corrected chi connectivity index (χ4v) is 1.52. The Morgan fingerprint density at radius 1 is 0.812 bits per heavy atom. The van der Waals surface area contributed by atoms with E-state index < -0.39 is 0 Å². The Labute approximate surface area is 102 Å². The second-order valence-electron chi connectivity index (χ2n) is 4.26. The van der Waals surface area contributed by atoms with Crippen molar-refractivity contribution in [2.75, 3.05) is 13.1 Å². The van der Waals surface area contributed by atoms with Gasteiger partial charge in [0.25, 0.3) is 0 Å². The van der Waals surface area contributed by atoms with Crippen LogP contribution < -0.4 is 5.32 Å². The van der Waals surface area contributed by atoms with Gasteiger partial charge >= 0.3 is 0 Å². The van der Waals surface area contributed by atoms with E-state index >= 15 is 0 Å². The lowest BCUT2D eigenvalue weighted by Crippen LogP contribution is -2.14. The Balaban J connectivity index is 3.14. The van der Waals surface area contributed by atoms with E-state index in [9.17, 15) is 0 Å². The van der Waals surface area contributed by atoms with E-state index in [1.165, 1.54) is 44.9 Å². The molecule has 0 atom stereocenters. The van der Waals surface area contributed by atoms with Gasteiger partial charge in [0.15, 0.2) is 0 Å². The van der Waals surface area contributed by atoms with Crippen molar-refractivity contribution in [2.24, 2.45) is 0 Å². The topological polar surface area (TPSA) is 12.0 Å². The number of unbranched alkanes of at least 4 members (excludes halogenated alkanes) is 5. The average Bonchev–Trinajstić information content (AvgIpc) is 2.31. The molecule has 0 aliphatic rings. The molecular weight excluding hydrogens is 194 g/mol. The second kappa shape index (κ2) is 14.4. The summed E-state index contributed by atoms with van der Waals surface area (Å²) < 4.78 is 0. The van der Waals surface area contributed by atoms with Crippen molar-refractivity contribution in [1.82, 2.24) is 5.32 Å². The normalized spacial score (nSPS) is 11.9. The first-order valence-electron chi connectivity index (χ1n) is 6.94. The van der Waals surface area contributed by atoms with Crippen LogP contribution in [0.3, 0.4) is 0 Å². The van der Waals surface area contributed by atoms with Crippen LogP contribution in [-0.4, -0.2) is 13.1 Å². The van der Waals surface area contributed by atoms with Gasteiger partial charge in [0, 0.05) is 6.54 Å². The largest absolute Gasteiger partial charge is 0.313 e. The molecule has 94 valence electrons. The third-order valence-corrected chi connectivity index (χ3v) is 2.58. The number of hydrogen-bond donors (Lipinski definition) is 1. The van der Waals surface area contributed by atoms with Gasteiger partial charge in [0.2, 0.25) is 0 Å². The fourth-order valence-electron chi connectivity index (χ4n) is 1.52. The van der Waals surface area contributed by atoms with Gasteiger partial charge in [-0.1, -0.05) is 63.8 Å². The molecule has 0 saturated carbocycles. The van der Waals surface area contributed by atoms with E-state index in [4.69, 9.17) is 0 Å². The first kappa shape index (κ1) is 15.4. The molecule has 0 aromatic carbocycles. The van der Waals surface area contributed by atoms with Crippen molar-refractivity contribution in [3.8, 4) is 0 Å². The summed E-state index contributed by atoms with van der Waals surface area (Å²) in [4.78, 5) is 0. The Morgan fingerprint density at radius 2 is 1.50 bits per heavy atom. The number of allylic oxidation sites excluding steroid dienone is 3. The third-order valence-electron chi connectivity index (χ3n) is 2.58. The molecule has 0 radical (unpaired) electrons. The Hall–Kier alpha value is -0.560. The van der Waals surface area contributed by atoms with Crippen LogP contribution in [0.25, 0.3) is 0 Å². The quantitative estimate of drug-likeness (QED) is 0.403. The minimum Gasteiger partial charge on any atom is -0.313 e. The first-order chi connectivity index (χ1) is 7.91.